The first kappa shape index (κ1) is 18.2. The largest absolute Gasteiger partial charge is 0.312 e. The molecule has 2 atom stereocenters. The number of benzene rings is 2. The highest BCUT2D eigenvalue weighted by atomic mass is 16.2. The summed E-state index contributed by atoms with van der Waals surface area (Å²) in [5, 5.41) is 0. The summed E-state index contributed by atoms with van der Waals surface area (Å²) in [4.78, 5) is 29.4. The average Bonchev–Trinajstić information content (AvgIpc) is 3.44. The molecule has 2 aromatic carbocycles. The Hall–Kier alpha value is -2.62. The Morgan fingerprint density at radius 1 is 0.846 bits per heavy atom. The van der Waals surface area contributed by atoms with Crippen LogP contribution in [-0.2, 0) is 9.59 Å². The summed E-state index contributed by atoms with van der Waals surface area (Å²) in [6.45, 7) is 7.17. The number of hydrogen-bond donors (Lipinski definition) is 0. The SMILES string of the molecule is CCN(C(=O)C1CC1C(=O)N(CC)c1cccc(C)c1)c1ccccc1. The van der Waals surface area contributed by atoms with Crippen LogP contribution in [0.1, 0.15) is 25.8 Å². The number of carbonyl (C=O) groups excluding carboxylic acids is 2. The molecule has 1 fully saturated rings. The van der Waals surface area contributed by atoms with E-state index < -0.39 is 0 Å². The quantitative estimate of drug-likeness (QED) is 0.789. The first-order chi connectivity index (χ1) is 12.6. The first-order valence-corrected chi connectivity index (χ1v) is 9.31. The molecule has 2 amide bonds. The van der Waals surface area contributed by atoms with Crippen molar-refractivity contribution in [3.05, 3.63) is 60.2 Å². The van der Waals surface area contributed by atoms with E-state index in [0.29, 0.717) is 19.5 Å². The monoisotopic (exact) mass is 350 g/mol. The van der Waals surface area contributed by atoms with E-state index in [1.165, 1.54) is 0 Å². The summed E-state index contributed by atoms with van der Waals surface area (Å²) in [6, 6.07) is 17.6. The maximum Gasteiger partial charge on any atom is 0.230 e. The second kappa shape index (κ2) is 7.73. The van der Waals surface area contributed by atoms with Crippen LogP contribution in [0.2, 0.25) is 0 Å². The molecule has 0 aromatic heterocycles. The highest BCUT2D eigenvalue weighted by Crippen LogP contribution is 2.42. The number of amides is 2. The summed E-state index contributed by atoms with van der Waals surface area (Å²) >= 11 is 0. The van der Waals surface area contributed by atoms with E-state index in [-0.39, 0.29) is 23.7 Å². The summed E-state index contributed by atoms with van der Waals surface area (Å²) in [5.74, 6) is -0.305. The molecule has 4 heteroatoms. The molecule has 136 valence electrons. The van der Waals surface area contributed by atoms with E-state index in [2.05, 4.69) is 0 Å². The lowest BCUT2D eigenvalue weighted by Gasteiger charge is -2.23. The third-order valence-electron chi connectivity index (χ3n) is 4.97. The highest BCUT2D eigenvalue weighted by Gasteiger charge is 2.50. The zero-order valence-electron chi connectivity index (χ0n) is 15.7. The van der Waals surface area contributed by atoms with Crippen LogP contribution in [0.15, 0.2) is 54.6 Å². The summed E-state index contributed by atoms with van der Waals surface area (Å²) in [7, 11) is 0. The zero-order valence-corrected chi connectivity index (χ0v) is 15.7. The van der Waals surface area contributed by atoms with Crippen molar-refractivity contribution >= 4 is 23.2 Å². The summed E-state index contributed by atoms with van der Waals surface area (Å²) in [6.07, 6.45) is 0.642. The molecule has 1 aliphatic carbocycles. The second-order valence-corrected chi connectivity index (χ2v) is 6.79. The van der Waals surface area contributed by atoms with E-state index >= 15 is 0 Å². The van der Waals surface area contributed by atoms with Crippen LogP contribution in [-0.4, -0.2) is 24.9 Å². The Bertz CT molecular complexity index is 788. The molecule has 2 unspecified atom stereocenters. The molecule has 2 aromatic rings. The zero-order chi connectivity index (χ0) is 18.7. The molecule has 0 radical (unpaired) electrons. The molecule has 0 N–H and O–H groups in total. The van der Waals surface area contributed by atoms with Crippen LogP contribution < -0.4 is 9.80 Å². The predicted molar refractivity (Wildman–Crippen MR) is 105 cm³/mol. The van der Waals surface area contributed by atoms with Gasteiger partial charge >= 0.3 is 0 Å². The average molecular weight is 350 g/mol. The van der Waals surface area contributed by atoms with Gasteiger partial charge in [-0.2, -0.15) is 0 Å². The molecule has 3 rings (SSSR count). The minimum absolute atomic E-state index is 0.0531. The van der Waals surface area contributed by atoms with Gasteiger partial charge in [-0.1, -0.05) is 30.3 Å². The molecule has 0 heterocycles. The highest BCUT2D eigenvalue weighted by molar-refractivity contribution is 6.05. The number of aryl methyl sites for hydroxylation is 1. The number of para-hydroxylation sites is 1. The molecular formula is C22H26N2O2. The lowest BCUT2D eigenvalue weighted by atomic mass is 10.1. The van der Waals surface area contributed by atoms with Crippen molar-refractivity contribution in [2.45, 2.75) is 27.2 Å². The molecular weight excluding hydrogens is 324 g/mol. The predicted octanol–water partition coefficient (Wildman–Crippen LogP) is 4.04. The lowest BCUT2D eigenvalue weighted by molar-refractivity contribution is -0.124. The third-order valence-corrected chi connectivity index (χ3v) is 4.97. The standard InChI is InChI=1S/C22H26N2O2/c1-4-23(17-11-7-6-8-12-17)21(25)19-15-20(19)22(26)24(5-2)18-13-9-10-16(3)14-18/h6-14,19-20H,4-5,15H2,1-3H3. The Balaban J connectivity index is 1.72. The number of anilines is 2. The molecule has 4 nitrogen and oxygen atoms in total. The van der Waals surface area contributed by atoms with Crippen LogP contribution in [0.4, 0.5) is 11.4 Å². The van der Waals surface area contributed by atoms with Crippen molar-refractivity contribution in [3.63, 3.8) is 0 Å². The fourth-order valence-electron chi connectivity index (χ4n) is 3.48. The van der Waals surface area contributed by atoms with Crippen LogP contribution >= 0.6 is 0 Å². The number of nitrogens with zero attached hydrogens (tertiary/aromatic N) is 2. The third kappa shape index (κ3) is 3.64. The van der Waals surface area contributed by atoms with Gasteiger partial charge in [-0.3, -0.25) is 9.59 Å². The van der Waals surface area contributed by atoms with Crippen molar-refractivity contribution in [1.82, 2.24) is 0 Å². The van der Waals surface area contributed by atoms with E-state index in [9.17, 15) is 9.59 Å². The van der Waals surface area contributed by atoms with Crippen molar-refractivity contribution in [3.8, 4) is 0 Å². The first-order valence-electron chi connectivity index (χ1n) is 9.31. The molecule has 0 saturated heterocycles. The van der Waals surface area contributed by atoms with Gasteiger partial charge in [0.05, 0.1) is 11.8 Å². The van der Waals surface area contributed by atoms with E-state index in [1.54, 1.807) is 9.80 Å². The Kier molecular flexibility index (Phi) is 5.40. The van der Waals surface area contributed by atoms with E-state index in [1.807, 2.05) is 75.4 Å². The minimum atomic E-state index is -0.208. The minimum Gasteiger partial charge on any atom is -0.312 e. The van der Waals surface area contributed by atoms with Gasteiger partial charge in [0.1, 0.15) is 0 Å². The fourth-order valence-corrected chi connectivity index (χ4v) is 3.48. The Morgan fingerprint density at radius 3 is 1.92 bits per heavy atom. The second-order valence-electron chi connectivity index (χ2n) is 6.79. The number of hydrogen-bond acceptors (Lipinski definition) is 2. The number of rotatable bonds is 6. The van der Waals surface area contributed by atoms with Crippen LogP contribution in [0.5, 0.6) is 0 Å². The maximum absolute atomic E-state index is 13.0. The van der Waals surface area contributed by atoms with Crippen molar-refractivity contribution < 1.29 is 9.59 Å². The summed E-state index contributed by atoms with van der Waals surface area (Å²) < 4.78 is 0. The normalized spacial score (nSPS) is 18.3. The molecule has 1 aliphatic rings. The van der Waals surface area contributed by atoms with Gasteiger partial charge in [0.15, 0.2) is 0 Å². The van der Waals surface area contributed by atoms with Gasteiger partial charge in [0, 0.05) is 24.5 Å². The van der Waals surface area contributed by atoms with Gasteiger partial charge in [0.2, 0.25) is 11.8 Å². The molecule has 0 bridgehead atoms. The molecule has 0 aliphatic heterocycles. The summed E-state index contributed by atoms with van der Waals surface area (Å²) in [5.41, 5.74) is 2.92. The van der Waals surface area contributed by atoms with Crippen LogP contribution in [0.25, 0.3) is 0 Å². The Labute approximate surface area is 155 Å². The van der Waals surface area contributed by atoms with E-state index in [0.717, 1.165) is 16.9 Å². The number of carbonyl (C=O) groups is 2. The van der Waals surface area contributed by atoms with Gasteiger partial charge in [-0.15, -0.1) is 0 Å². The topological polar surface area (TPSA) is 40.6 Å². The Morgan fingerprint density at radius 2 is 1.38 bits per heavy atom. The van der Waals surface area contributed by atoms with Crippen molar-refractivity contribution in [2.75, 3.05) is 22.9 Å². The van der Waals surface area contributed by atoms with E-state index in [4.69, 9.17) is 0 Å². The van der Waals surface area contributed by atoms with Crippen molar-refractivity contribution in [1.29, 1.82) is 0 Å². The smallest absolute Gasteiger partial charge is 0.230 e. The van der Waals surface area contributed by atoms with Gasteiger partial charge in [-0.05, 0) is 57.0 Å². The van der Waals surface area contributed by atoms with Gasteiger partial charge in [0.25, 0.3) is 0 Å². The van der Waals surface area contributed by atoms with Gasteiger partial charge in [-0.25, -0.2) is 0 Å². The molecule has 26 heavy (non-hydrogen) atoms. The fraction of sp³-hybridized carbons (Fsp3) is 0.364. The van der Waals surface area contributed by atoms with Crippen LogP contribution in [0, 0.1) is 18.8 Å². The molecule has 0 spiro atoms. The maximum atomic E-state index is 13.0. The lowest BCUT2D eigenvalue weighted by Crippen LogP contribution is -2.36. The molecule has 1 saturated carbocycles. The van der Waals surface area contributed by atoms with Crippen LogP contribution in [0.3, 0.4) is 0 Å². The van der Waals surface area contributed by atoms with Gasteiger partial charge < -0.3 is 9.80 Å². The van der Waals surface area contributed by atoms with Crippen molar-refractivity contribution in [2.24, 2.45) is 11.8 Å².